The number of rotatable bonds is 2. The van der Waals surface area contributed by atoms with Crippen LogP contribution >= 0.6 is 27.5 Å². The molecule has 0 spiro atoms. The quantitative estimate of drug-likeness (QED) is 0.739. The molecule has 1 heterocycles. The molecule has 102 valence electrons. The van der Waals surface area contributed by atoms with Crippen LogP contribution in [0.2, 0.25) is 5.02 Å². The number of halogens is 2. The maximum atomic E-state index is 11.1. The lowest BCUT2D eigenvalue weighted by Crippen LogP contribution is -2.11. The molecule has 1 unspecified atom stereocenters. The van der Waals surface area contributed by atoms with Crippen molar-refractivity contribution < 1.29 is 4.42 Å². The highest BCUT2D eigenvalue weighted by Crippen LogP contribution is 2.28. The first kappa shape index (κ1) is 13.4. The third-order valence-electron chi connectivity index (χ3n) is 3.11. The van der Waals surface area contributed by atoms with Crippen molar-refractivity contribution in [2.24, 2.45) is 5.73 Å². The standard InChI is InChI=1S/C14H10BrClN2O2/c15-9-3-1-7(5-10(9)16)13(17)8-2-4-11-12(6-8)20-14(19)18-11/h1-6,13H,17H2,(H,18,19). The minimum Gasteiger partial charge on any atom is -0.408 e. The zero-order chi connectivity index (χ0) is 14.3. The van der Waals surface area contributed by atoms with E-state index in [1.54, 1.807) is 12.1 Å². The molecule has 6 heteroatoms. The maximum Gasteiger partial charge on any atom is 0.417 e. The van der Waals surface area contributed by atoms with Crippen LogP contribution in [0.4, 0.5) is 0 Å². The van der Waals surface area contributed by atoms with Gasteiger partial charge in [0.2, 0.25) is 0 Å². The average Bonchev–Trinajstić information content (AvgIpc) is 2.80. The van der Waals surface area contributed by atoms with Crippen LogP contribution in [0.15, 0.2) is 50.1 Å². The van der Waals surface area contributed by atoms with Gasteiger partial charge in [0.1, 0.15) is 0 Å². The van der Waals surface area contributed by atoms with E-state index in [1.165, 1.54) is 0 Å². The third kappa shape index (κ3) is 2.40. The first-order valence-electron chi connectivity index (χ1n) is 5.88. The van der Waals surface area contributed by atoms with Gasteiger partial charge in [0, 0.05) is 4.47 Å². The molecule has 1 aromatic heterocycles. The molecule has 1 atom stereocenters. The van der Waals surface area contributed by atoms with Gasteiger partial charge in [0.25, 0.3) is 0 Å². The van der Waals surface area contributed by atoms with E-state index in [4.69, 9.17) is 21.8 Å². The first-order chi connectivity index (χ1) is 9.54. The number of aromatic amines is 1. The number of oxazole rings is 1. The summed E-state index contributed by atoms with van der Waals surface area (Å²) in [5, 5.41) is 0.604. The molecule has 0 fully saturated rings. The molecule has 3 rings (SSSR count). The highest BCUT2D eigenvalue weighted by molar-refractivity contribution is 9.10. The fourth-order valence-electron chi connectivity index (χ4n) is 2.05. The Hall–Kier alpha value is -1.56. The number of nitrogens with two attached hydrogens (primary N) is 1. The van der Waals surface area contributed by atoms with E-state index in [-0.39, 0.29) is 6.04 Å². The lowest BCUT2D eigenvalue weighted by Gasteiger charge is -2.13. The third-order valence-corrected chi connectivity index (χ3v) is 4.34. The Morgan fingerprint density at radius 2 is 1.90 bits per heavy atom. The highest BCUT2D eigenvalue weighted by atomic mass is 79.9. The summed E-state index contributed by atoms with van der Waals surface area (Å²) in [5.41, 5.74) is 9.10. The van der Waals surface area contributed by atoms with E-state index in [1.807, 2.05) is 24.3 Å². The van der Waals surface area contributed by atoms with Crippen molar-refractivity contribution in [2.75, 3.05) is 0 Å². The van der Waals surface area contributed by atoms with Crippen molar-refractivity contribution in [3.05, 3.63) is 67.6 Å². The largest absolute Gasteiger partial charge is 0.417 e. The normalized spacial score (nSPS) is 12.8. The number of aromatic nitrogens is 1. The van der Waals surface area contributed by atoms with E-state index < -0.39 is 5.76 Å². The second kappa shape index (κ2) is 5.09. The summed E-state index contributed by atoms with van der Waals surface area (Å²) in [4.78, 5) is 13.7. The Morgan fingerprint density at radius 3 is 2.65 bits per heavy atom. The van der Waals surface area contributed by atoms with Gasteiger partial charge >= 0.3 is 5.76 Å². The van der Waals surface area contributed by atoms with Gasteiger partial charge in [0.05, 0.1) is 16.6 Å². The van der Waals surface area contributed by atoms with Crippen LogP contribution in [0, 0.1) is 0 Å². The number of nitrogens with one attached hydrogen (secondary N) is 1. The Bertz CT molecular complexity index is 841. The van der Waals surface area contributed by atoms with Gasteiger partial charge in [-0.25, -0.2) is 4.79 Å². The smallest absolute Gasteiger partial charge is 0.408 e. The van der Waals surface area contributed by atoms with Gasteiger partial charge in [0.15, 0.2) is 5.58 Å². The van der Waals surface area contributed by atoms with Crippen LogP contribution in [0.25, 0.3) is 11.1 Å². The van der Waals surface area contributed by atoms with Gasteiger partial charge in [-0.2, -0.15) is 0 Å². The van der Waals surface area contributed by atoms with Gasteiger partial charge in [-0.1, -0.05) is 23.7 Å². The average molecular weight is 354 g/mol. The summed E-state index contributed by atoms with van der Waals surface area (Å²) in [5.74, 6) is -0.475. The van der Waals surface area contributed by atoms with E-state index in [0.717, 1.165) is 15.6 Å². The minimum absolute atomic E-state index is 0.342. The van der Waals surface area contributed by atoms with Crippen molar-refractivity contribution in [3.63, 3.8) is 0 Å². The van der Waals surface area contributed by atoms with Crippen LogP contribution in [-0.4, -0.2) is 4.98 Å². The van der Waals surface area contributed by atoms with E-state index in [9.17, 15) is 4.79 Å². The zero-order valence-corrected chi connectivity index (χ0v) is 12.5. The molecule has 0 aliphatic rings. The molecule has 0 radical (unpaired) electrons. The van der Waals surface area contributed by atoms with Gasteiger partial charge in [-0.05, 0) is 51.3 Å². The molecule has 0 amide bonds. The molecule has 4 nitrogen and oxygen atoms in total. The second-order valence-corrected chi connectivity index (χ2v) is 5.68. The first-order valence-corrected chi connectivity index (χ1v) is 7.05. The summed E-state index contributed by atoms with van der Waals surface area (Å²) in [7, 11) is 0. The molecule has 3 N–H and O–H groups in total. The second-order valence-electron chi connectivity index (χ2n) is 4.42. The Labute approximate surface area is 127 Å². The predicted molar refractivity (Wildman–Crippen MR) is 82.0 cm³/mol. The van der Waals surface area contributed by atoms with Crippen molar-refractivity contribution in [1.82, 2.24) is 4.98 Å². The summed E-state index contributed by atoms with van der Waals surface area (Å²) in [6, 6.07) is 10.6. The molecule has 0 aliphatic heterocycles. The summed E-state index contributed by atoms with van der Waals surface area (Å²) >= 11 is 9.42. The highest BCUT2D eigenvalue weighted by Gasteiger charge is 2.12. The molecule has 0 bridgehead atoms. The summed E-state index contributed by atoms with van der Waals surface area (Å²) < 4.78 is 5.86. The van der Waals surface area contributed by atoms with E-state index >= 15 is 0 Å². The number of H-pyrrole nitrogens is 1. The maximum absolute atomic E-state index is 11.1. The Morgan fingerprint density at radius 1 is 1.20 bits per heavy atom. The molecule has 0 saturated heterocycles. The lowest BCUT2D eigenvalue weighted by molar-refractivity contribution is 0.555. The fraction of sp³-hybridized carbons (Fsp3) is 0.0714. The van der Waals surface area contributed by atoms with Crippen LogP contribution in [0.3, 0.4) is 0 Å². The van der Waals surface area contributed by atoms with Crippen LogP contribution in [-0.2, 0) is 0 Å². The van der Waals surface area contributed by atoms with Crippen molar-refractivity contribution in [1.29, 1.82) is 0 Å². The topological polar surface area (TPSA) is 72.0 Å². The summed E-state index contributed by atoms with van der Waals surface area (Å²) in [6.45, 7) is 0. The van der Waals surface area contributed by atoms with E-state index in [2.05, 4.69) is 20.9 Å². The van der Waals surface area contributed by atoms with Gasteiger partial charge < -0.3 is 10.2 Å². The number of benzene rings is 2. The molecular weight excluding hydrogens is 344 g/mol. The van der Waals surface area contributed by atoms with Crippen LogP contribution in [0.5, 0.6) is 0 Å². The molecule has 0 aliphatic carbocycles. The van der Waals surface area contributed by atoms with E-state index in [0.29, 0.717) is 16.1 Å². The number of fused-ring (bicyclic) bond motifs is 1. The van der Waals surface area contributed by atoms with Gasteiger partial charge in [-0.15, -0.1) is 0 Å². The van der Waals surface area contributed by atoms with Crippen LogP contribution in [0.1, 0.15) is 17.2 Å². The molecule has 0 saturated carbocycles. The lowest BCUT2D eigenvalue weighted by atomic mass is 9.99. The predicted octanol–water partition coefficient (Wildman–Crippen LogP) is 3.59. The van der Waals surface area contributed by atoms with Crippen molar-refractivity contribution in [3.8, 4) is 0 Å². The van der Waals surface area contributed by atoms with Crippen molar-refractivity contribution in [2.45, 2.75) is 6.04 Å². The monoisotopic (exact) mass is 352 g/mol. The molecule has 3 aromatic rings. The minimum atomic E-state index is -0.475. The SMILES string of the molecule is NC(c1ccc(Br)c(Cl)c1)c1ccc2[nH]c(=O)oc2c1. The number of hydrogen-bond acceptors (Lipinski definition) is 3. The fourth-order valence-corrected chi connectivity index (χ4v) is 2.49. The zero-order valence-electron chi connectivity index (χ0n) is 10.2. The molecular formula is C14H10BrClN2O2. The molecule has 2 aromatic carbocycles. The molecule has 20 heavy (non-hydrogen) atoms. The van der Waals surface area contributed by atoms with Crippen molar-refractivity contribution >= 4 is 38.6 Å². The number of hydrogen-bond donors (Lipinski definition) is 2. The van der Waals surface area contributed by atoms with Crippen LogP contribution < -0.4 is 11.5 Å². The Balaban J connectivity index is 2.04. The summed E-state index contributed by atoms with van der Waals surface area (Å²) in [6.07, 6.45) is 0. The van der Waals surface area contributed by atoms with Gasteiger partial charge in [-0.3, -0.25) is 4.98 Å². The Kier molecular flexibility index (Phi) is 3.41.